The number of allylic oxidation sites excluding steroid dienone is 1. The summed E-state index contributed by atoms with van der Waals surface area (Å²) in [7, 11) is 0. The van der Waals surface area contributed by atoms with Gasteiger partial charge in [-0.3, -0.25) is 0 Å². The van der Waals surface area contributed by atoms with Crippen LogP contribution < -0.4 is 5.32 Å². The molecule has 0 aromatic heterocycles. The maximum Gasteiger partial charge on any atom is 0.00105 e. The van der Waals surface area contributed by atoms with Crippen molar-refractivity contribution in [1.29, 1.82) is 0 Å². The first-order valence-electron chi connectivity index (χ1n) is 7.73. The molecule has 2 rings (SSSR count). The molecule has 2 aromatic rings. The number of nitrogens with one attached hydrogen (secondary N) is 1. The summed E-state index contributed by atoms with van der Waals surface area (Å²) in [6.07, 6.45) is 3.39. The fraction of sp³-hybridized carbons (Fsp3) is 0.300. The molecule has 0 saturated heterocycles. The van der Waals surface area contributed by atoms with Crippen LogP contribution in [0.2, 0.25) is 0 Å². The Bertz CT molecular complexity index is 565. The first-order chi connectivity index (χ1) is 10.2. The summed E-state index contributed by atoms with van der Waals surface area (Å²) in [5, 5.41) is 3.44. The molecule has 0 aliphatic heterocycles. The van der Waals surface area contributed by atoms with E-state index in [-0.39, 0.29) is 0 Å². The molecule has 1 N–H and O–H groups in total. The molecule has 0 bridgehead atoms. The van der Waals surface area contributed by atoms with Crippen molar-refractivity contribution >= 4 is 5.57 Å². The molecule has 1 nitrogen and oxygen atoms in total. The highest BCUT2D eigenvalue weighted by Crippen LogP contribution is 2.22. The average Bonchev–Trinajstić information content (AvgIpc) is 2.52. The van der Waals surface area contributed by atoms with Crippen LogP contribution in [0, 0.1) is 0 Å². The van der Waals surface area contributed by atoms with Crippen molar-refractivity contribution < 1.29 is 0 Å². The second-order valence-corrected chi connectivity index (χ2v) is 5.73. The molecule has 1 heteroatoms. The van der Waals surface area contributed by atoms with Gasteiger partial charge in [-0.05, 0) is 42.2 Å². The lowest BCUT2D eigenvalue weighted by molar-refractivity contribution is 0.595. The van der Waals surface area contributed by atoms with Crippen molar-refractivity contribution in [2.75, 3.05) is 6.54 Å². The molecule has 0 fully saturated rings. The quantitative estimate of drug-likeness (QED) is 0.721. The summed E-state index contributed by atoms with van der Waals surface area (Å²) in [5.74, 6) is 0. The van der Waals surface area contributed by atoms with E-state index in [1.165, 1.54) is 22.3 Å². The fourth-order valence-electron chi connectivity index (χ4n) is 2.33. The fourth-order valence-corrected chi connectivity index (χ4v) is 2.33. The van der Waals surface area contributed by atoms with E-state index in [0.717, 1.165) is 13.0 Å². The standard InChI is InChI=1S/C20H25N/c1-16(2)21-15-7-8-17(3)18-11-13-20(14-12-18)19-9-5-4-6-10-19/h4-6,8-14,16,21H,7,15H2,1-3H3. The van der Waals surface area contributed by atoms with Crippen LogP contribution in [-0.4, -0.2) is 12.6 Å². The number of benzene rings is 2. The molecule has 2 aromatic carbocycles. The molecule has 0 saturated carbocycles. The van der Waals surface area contributed by atoms with Crippen LogP contribution in [0.1, 0.15) is 32.8 Å². The van der Waals surface area contributed by atoms with Gasteiger partial charge in [-0.25, -0.2) is 0 Å². The third-order valence-electron chi connectivity index (χ3n) is 3.59. The molecule has 21 heavy (non-hydrogen) atoms. The molecule has 0 spiro atoms. The summed E-state index contributed by atoms with van der Waals surface area (Å²) in [5.41, 5.74) is 5.19. The van der Waals surface area contributed by atoms with E-state index in [2.05, 4.69) is 86.8 Å². The minimum Gasteiger partial charge on any atom is -0.314 e. The first-order valence-corrected chi connectivity index (χ1v) is 7.73. The third-order valence-corrected chi connectivity index (χ3v) is 3.59. The Balaban J connectivity index is 2.00. The van der Waals surface area contributed by atoms with Gasteiger partial charge in [0.1, 0.15) is 0 Å². The van der Waals surface area contributed by atoms with Crippen LogP contribution in [0.3, 0.4) is 0 Å². The van der Waals surface area contributed by atoms with Gasteiger partial charge in [-0.2, -0.15) is 0 Å². The molecular weight excluding hydrogens is 254 g/mol. The largest absolute Gasteiger partial charge is 0.314 e. The molecule has 0 unspecified atom stereocenters. The lowest BCUT2D eigenvalue weighted by Gasteiger charge is -2.07. The minimum absolute atomic E-state index is 0.559. The zero-order valence-corrected chi connectivity index (χ0v) is 13.3. The Labute approximate surface area is 128 Å². The third kappa shape index (κ3) is 4.87. The summed E-state index contributed by atoms with van der Waals surface area (Å²) < 4.78 is 0. The van der Waals surface area contributed by atoms with E-state index >= 15 is 0 Å². The highest BCUT2D eigenvalue weighted by Gasteiger charge is 1.99. The van der Waals surface area contributed by atoms with Crippen LogP contribution in [-0.2, 0) is 0 Å². The van der Waals surface area contributed by atoms with Gasteiger partial charge < -0.3 is 5.32 Å². The summed E-state index contributed by atoms with van der Waals surface area (Å²) >= 11 is 0. The molecule has 0 atom stereocenters. The van der Waals surface area contributed by atoms with Gasteiger partial charge in [0.15, 0.2) is 0 Å². The van der Waals surface area contributed by atoms with Crippen molar-refractivity contribution in [2.45, 2.75) is 33.2 Å². The van der Waals surface area contributed by atoms with Crippen molar-refractivity contribution in [3.8, 4) is 11.1 Å². The Hall–Kier alpha value is -1.86. The van der Waals surface area contributed by atoms with Crippen molar-refractivity contribution in [3.63, 3.8) is 0 Å². The van der Waals surface area contributed by atoms with Crippen LogP contribution in [0.15, 0.2) is 60.7 Å². The van der Waals surface area contributed by atoms with Crippen LogP contribution in [0.25, 0.3) is 16.7 Å². The van der Waals surface area contributed by atoms with Crippen molar-refractivity contribution in [2.24, 2.45) is 0 Å². The Kier molecular flexibility index (Phi) is 5.77. The second kappa shape index (κ2) is 7.80. The number of rotatable bonds is 6. The van der Waals surface area contributed by atoms with Crippen LogP contribution >= 0.6 is 0 Å². The monoisotopic (exact) mass is 279 g/mol. The number of hydrogen-bond acceptors (Lipinski definition) is 1. The zero-order chi connectivity index (χ0) is 15.1. The Morgan fingerprint density at radius 3 is 2.19 bits per heavy atom. The van der Waals surface area contributed by atoms with Crippen molar-refractivity contribution in [1.82, 2.24) is 5.32 Å². The molecule has 0 amide bonds. The lowest BCUT2D eigenvalue weighted by Crippen LogP contribution is -2.23. The predicted molar refractivity (Wildman–Crippen MR) is 93.3 cm³/mol. The summed E-state index contributed by atoms with van der Waals surface area (Å²) in [6.45, 7) is 7.59. The van der Waals surface area contributed by atoms with Gasteiger partial charge in [-0.15, -0.1) is 0 Å². The van der Waals surface area contributed by atoms with E-state index in [1.54, 1.807) is 0 Å². The molecule has 0 aliphatic carbocycles. The molecule has 0 heterocycles. The van der Waals surface area contributed by atoms with E-state index in [9.17, 15) is 0 Å². The Morgan fingerprint density at radius 1 is 0.952 bits per heavy atom. The molecule has 0 radical (unpaired) electrons. The van der Waals surface area contributed by atoms with Gasteiger partial charge in [-0.1, -0.05) is 74.5 Å². The van der Waals surface area contributed by atoms with Crippen LogP contribution in [0.4, 0.5) is 0 Å². The van der Waals surface area contributed by atoms with E-state index in [4.69, 9.17) is 0 Å². The normalized spacial score (nSPS) is 11.9. The van der Waals surface area contributed by atoms with Gasteiger partial charge in [0.2, 0.25) is 0 Å². The topological polar surface area (TPSA) is 12.0 Å². The highest BCUT2D eigenvalue weighted by molar-refractivity contribution is 5.69. The summed E-state index contributed by atoms with van der Waals surface area (Å²) in [6, 6.07) is 19.9. The maximum absolute atomic E-state index is 3.44. The zero-order valence-electron chi connectivity index (χ0n) is 13.3. The Morgan fingerprint density at radius 2 is 1.57 bits per heavy atom. The van der Waals surface area contributed by atoms with E-state index in [0.29, 0.717) is 6.04 Å². The molecular formula is C20H25N. The highest BCUT2D eigenvalue weighted by atomic mass is 14.9. The summed E-state index contributed by atoms with van der Waals surface area (Å²) in [4.78, 5) is 0. The van der Waals surface area contributed by atoms with E-state index < -0.39 is 0 Å². The second-order valence-electron chi connectivity index (χ2n) is 5.73. The minimum atomic E-state index is 0.559. The average molecular weight is 279 g/mol. The first kappa shape index (κ1) is 15.5. The maximum atomic E-state index is 3.44. The van der Waals surface area contributed by atoms with Crippen molar-refractivity contribution in [3.05, 3.63) is 66.2 Å². The molecule has 110 valence electrons. The smallest absolute Gasteiger partial charge is 0.00105 e. The molecule has 0 aliphatic rings. The predicted octanol–water partition coefficient (Wildman–Crippen LogP) is 5.15. The SMILES string of the molecule is CC(=CCCNC(C)C)c1ccc(-c2ccccc2)cc1. The van der Waals surface area contributed by atoms with Gasteiger partial charge >= 0.3 is 0 Å². The van der Waals surface area contributed by atoms with E-state index in [1.807, 2.05) is 0 Å². The lowest BCUT2D eigenvalue weighted by atomic mass is 10.0. The van der Waals surface area contributed by atoms with Crippen LogP contribution in [0.5, 0.6) is 0 Å². The van der Waals surface area contributed by atoms with Gasteiger partial charge in [0, 0.05) is 6.04 Å². The number of hydrogen-bond donors (Lipinski definition) is 1. The van der Waals surface area contributed by atoms with Gasteiger partial charge in [0.25, 0.3) is 0 Å². The van der Waals surface area contributed by atoms with Gasteiger partial charge in [0.05, 0.1) is 0 Å².